The van der Waals surface area contributed by atoms with Gasteiger partial charge in [-0.15, -0.1) is 0 Å². The molecule has 0 bridgehead atoms. The Kier molecular flexibility index (Phi) is 5.14. The lowest BCUT2D eigenvalue weighted by Gasteiger charge is -2.20. The van der Waals surface area contributed by atoms with E-state index in [0.29, 0.717) is 30.4 Å². The van der Waals surface area contributed by atoms with E-state index in [9.17, 15) is 4.79 Å². The zero-order chi connectivity index (χ0) is 14.4. The molecule has 7 nitrogen and oxygen atoms in total. The molecule has 8 heteroatoms. The van der Waals surface area contributed by atoms with Crippen LogP contribution in [0.1, 0.15) is 12.2 Å². The number of amides is 1. The number of aromatic nitrogens is 4. The SMILES string of the molecule is O=C(CCn1cc(Cl)cn1)N(CCO)Cc1ncc[nH]1. The molecule has 2 N–H and O–H groups in total. The van der Waals surface area contributed by atoms with Crippen molar-refractivity contribution >= 4 is 17.5 Å². The van der Waals surface area contributed by atoms with Gasteiger partial charge in [-0.25, -0.2) is 4.98 Å². The van der Waals surface area contributed by atoms with Crippen LogP contribution in [0.5, 0.6) is 0 Å². The van der Waals surface area contributed by atoms with Crippen LogP contribution in [0.15, 0.2) is 24.8 Å². The fraction of sp³-hybridized carbons (Fsp3) is 0.417. The standard InChI is InChI=1S/C12H16ClN5O2/c13-10-7-16-18(8-10)4-1-12(20)17(5-6-19)9-11-14-2-3-15-11/h2-3,7-8,19H,1,4-6,9H2,(H,14,15). The van der Waals surface area contributed by atoms with Crippen LogP contribution in [0.3, 0.4) is 0 Å². The number of H-pyrrole nitrogens is 1. The van der Waals surface area contributed by atoms with E-state index < -0.39 is 0 Å². The first-order valence-corrected chi connectivity index (χ1v) is 6.61. The van der Waals surface area contributed by atoms with Crippen molar-refractivity contribution in [3.63, 3.8) is 0 Å². The molecule has 0 spiro atoms. The summed E-state index contributed by atoms with van der Waals surface area (Å²) in [4.78, 5) is 20.7. The van der Waals surface area contributed by atoms with Gasteiger partial charge >= 0.3 is 0 Å². The van der Waals surface area contributed by atoms with E-state index in [1.165, 1.54) is 6.20 Å². The largest absolute Gasteiger partial charge is 0.395 e. The Morgan fingerprint density at radius 2 is 2.40 bits per heavy atom. The normalized spacial score (nSPS) is 10.7. The number of nitrogens with zero attached hydrogens (tertiary/aromatic N) is 4. The van der Waals surface area contributed by atoms with E-state index in [2.05, 4.69) is 15.1 Å². The number of imidazole rings is 1. The second-order valence-corrected chi connectivity index (χ2v) is 4.68. The lowest BCUT2D eigenvalue weighted by atomic mass is 10.3. The van der Waals surface area contributed by atoms with Crippen LogP contribution in [0.2, 0.25) is 5.02 Å². The van der Waals surface area contributed by atoms with E-state index in [-0.39, 0.29) is 19.1 Å². The minimum absolute atomic E-state index is 0.0675. The third-order valence-corrected chi connectivity index (χ3v) is 2.97. The maximum Gasteiger partial charge on any atom is 0.224 e. The van der Waals surface area contributed by atoms with Crippen LogP contribution >= 0.6 is 11.6 Å². The predicted molar refractivity (Wildman–Crippen MR) is 72.9 cm³/mol. The van der Waals surface area contributed by atoms with Crippen molar-refractivity contribution in [2.45, 2.75) is 19.5 Å². The molecule has 2 rings (SSSR count). The minimum atomic E-state index is -0.0833. The van der Waals surface area contributed by atoms with Crippen LogP contribution < -0.4 is 0 Å². The Labute approximate surface area is 121 Å². The number of aliphatic hydroxyl groups excluding tert-OH is 1. The fourth-order valence-corrected chi connectivity index (χ4v) is 1.96. The number of aryl methyl sites for hydroxylation is 1. The molecule has 2 aromatic rings. The van der Waals surface area contributed by atoms with Gasteiger partial charge in [0.1, 0.15) is 5.82 Å². The molecule has 0 aliphatic heterocycles. The van der Waals surface area contributed by atoms with Crippen LogP contribution in [0.4, 0.5) is 0 Å². The van der Waals surface area contributed by atoms with Gasteiger partial charge in [0.05, 0.1) is 24.4 Å². The molecule has 108 valence electrons. The summed E-state index contributed by atoms with van der Waals surface area (Å²) in [5.41, 5.74) is 0. The number of rotatable bonds is 7. The fourth-order valence-electron chi connectivity index (χ4n) is 1.81. The third kappa shape index (κ3) is 4.07. The summed E-state index contributed by atoms with van der Waals surface area (Å²) >= 11 is 5.76. The molecule has 0 unspecified atom stereocenters. The maximum atomic E-state index is 12.1. The second kappa shape index (κ2) is 7.06. The molecule has 0 radical (unpaired) electrons. The van der Waals surface area contributed by atoms with Crippen LogP contribution in [0.25, 0.3) is 0 Å². The van der Waals surface area contributed by atoms with Gasteiger partial charge in [0.25, 0.3) is 0 Å². The van der Waals surface area contributed by atoms with Crippen molar-refractivity contribution in [3.05, 3.63) is 35.6 Å². The van der Waals surface area contributed by atoms with Crippen LogP contribution in [-0.4, -0.2) is 48.8 Å². The Balaban J connectivity index is 1.89. The summed E-state index contributed by atoms with van der Waals surface area (Å²) in [5.74, 6) is 0.621. The molecule has 0 saturated heterocycles. The van der Waals surface area contributed by atoms with E-state index in [1.807, 2.05) is 0 Å². The Bertz CT molecular complexity index is 540. The molecule has 0 aromatic carbocycles. The van der Waals surface area contributed by atoms with Gasteiger partial charge in [-0.2, -0.15) is 5.10 Å². The lowest BCUT2D eigenvalue weighted by Crippen LogP contribution is -2.34. The summed E-state index contributed by atoms with van der Waals surface area (Å²) in [6.45, 7) is 0.997. The monoisotopic (exact) mass is 297 g/mol. The van der Waals surface area contributed by atoms with Crippen LogP contribution in [-0.2, 0) is 17.9 Å². The van der Waals surface area contributed by atoms with Gasteiger partial charge in [-0.1, -0.05) is 11.6 Å². The summed E-state index contributed by atoms with van der Waals surface area (Å²) in [7, 11) is 0. The Morgan fingerprint density at radius 3 is 3.00 bits per heavy atom. The van der Waals surface area contributed by atoms with Crippen molar-refractivity contribution in [2.75, 3.05) is 13.2 Å². The number of carbonyl (C=O) groups is 1. The molecule has 2 heterocycles. The van der Waals surface area contributed by atoms with Gasteiger partial charge in [0, 0.05) is 38.1 Å². The summed E-state index contributed by atoms with van der Waals surface area (Å²) in [6, 6.07) is 0. The van der Waals surface area contributed by atoms with Gasteiger partial charge < -0.3 is 15.0 Å². The summed E-state index contributed by atoms with van der Waals surface area (Å²) < 4.78 is 1.62. The van der Waals surface area contributed by atoms with Gasteiger partial charge in [0.15, 0.2) is 0 Å². The topological polar surface area (TPSA) is 87.0 Å². The number of halogens is 1. The molecule has 1 amide bonds. The highest BCUT2D eigenvalue weighted by atomic mass is 35.5. The lowest BCUT2D eigenvalue weighted by molar-refractivity contribution is -0.132. The van der Waals surface area contributed by atoms with Crippen molar-refractivity contribution < 1.29 is 9.90 Å². The first kappa shape index (κ1) is 14.5. The number of nitrogens with one attached hydrogen (secondary N) is 1. The zero-order valence-corrected chi connectivity index (χ0v) is 11.6. The maximum absolute atomic E-state index is 12.1. The first-order valence-electron chi connectivity index (χ1n) is 6.24. The average molecular weight is 298 g/mol. The number of carbonyl (C=O) groups excluding carboxylic acids is 1. The van der Waals surface area contributed by atoms with Gasteiger partial charge in [0.2, 0.25) is 5.91 Å². The van der Waals surface area contributed by atoms with Crippen LogP contribution in [0, 0.1) is 0 Å². The predicted octanol–water partition coefficient (Wildman–Crippen LogP) is 0.671. The third-order valence-electron chi connectivity index (χ3n) is 2.77. The Morgan fingerprint density at radius 1 is 1.55 bits per heavy atom. The molecular weight excluding hydrogens is 282 g/mol. The minimum Gasteiger partial charge on any atom is -0.395 e. The van der Waals surface area contributed by atoms with Crippen molar-refractivity contribution in [1.82, 2.24) is 24.6 Å². The number of hydrogen-bond acceptors (Lipinski definition) is 4. The molecule has 20 heavy (non-hydrogen) atoms. The van der Waals surface area contributed by atoms with Crippen molar-refractivity contribution in [3.8, 4) is 0 Å². The smallest absolute Gasteiger partial charge is 0.224 e. The highest BCUT2D eigenvalue weighted by molar-refractivity contribution is 6.30. The molecular formula is C12H16ClN5O2. The molecule has 0 aliphatic rings. The summed E-state index contributed by atoms with van der Waals surface area (Å²) in [6.07, 6.45) is 6.81. The average Bonchev–Trinajstić information content (AvgIpc) is 3.07. The van der Waals surface area contributed by atoms with Gasteiger partial charge in [-0.3, -0.25) is 9.48 Å². The van der Waals surface area contributed by atoms with Crippen molar-refractivity contribution in [2.24, 2.45) is 0 Å². The summed E-state index contributed by atoms with van der Waals surface area (Å²) in [5, 5.41) is 13.6. The highest BCUT2D eigenvalue weighted by Crippen LogP contribution is 2.07. The van der Waals surface area contributed by atoms with E-state index in [4.69, 9.17) is 16.7 Å². The van der Waals surface area contributed by atoms with Gasteiger partial charge in [-0.05, 0) is 0 Å². The van der Waals surface area contributed by atoms with E-state index in [0.717, 1.165) is 0 Å². The number of aliphatic hydroxyl groups is 1. The zero-order valence-electron chi connectivity index (χ0n) is 10.9. The molecule has 0 aliphatic carbocycles. The second-order valence-electron chi connectivity index (χ2n) is 4.25. The van der Waals surface area contributed by atoms with E-state index >= 15 is 0 Å². The highest BCUT2D eigenvalue weighted by Gasteiger charge is 2.14. The quantitative estimate of drug-likeness (QED) is 0.786. The first-order chi connectivity index (χ1) is 9.69. The molecule has 0 saturated carbocycles. The molecule has 2 aromatic heterocycles. The van der Waals surface area contributed by atoms with E-state index in [1.54, 1.807) is 28.2 Å². The molecule has 0 fully saturated rings. The van der Waals surface area contributed by atoms with Crippen molar-refractivity contribution in [1.29, 1.82) is 0 Å². The number of hydrogen-bond donors (Lipinski definition) is 2. The Hall–Kier alpha value is -1.86. The molecule has 0 atom stereocenters. The number of aromatic amines is 1.